The second kappa shape index (κ2) is 6.96. The molecule has 0 radical (unpaired) electrons. The largest absolute Gasteiger partial charge is 0.508 e. The zero-order valence-corrected chi connectivity index (χ0v) is 15.0. The lowest BCUT2D eigenvalue weighted by Gasteiger charge is -2.10. The van der Waals surface area contributed by atoms with E-state index in [1.54, 1.807) is 12.1 Å². The minimum atomic E-state index is -0.463. The third-order valence-corrected chi connectivity index (χ3v) is 4.31. The van der Waals surface area contributed by atoms with E-state index in [0.29, 0.717) is 12.2 Å². The molecule has 0 saturated heterocycles. The van der Waals surface area contributed by atoms with E-state index in [1.807, 2.05) is 0 Å². The third kappa shape index (κ3) is 3.72. The third-order valence-electron chi connectivity index (χ3n) is 4.31. The summed E-state index contributed by atoms with van der Waals surface area (Å²) in [6, 6.07) is 11.6. The maximum atomic E-state index is 12.3. The van der Waals surface area contributed by atoms with E-state index in [0.717, 1.165) is 6.07 Å². The number of anilines is 1. The van der Waals surface area contributed by atoms with Crippen molar-refractivity contribution in [3.05, 3.63) is 76.2 Å². The number of hydrogen-bond acceptors (Lipinski definition) is 4. The Hall–Kier alpha value is -3.21. The van der Waals surface area contributed by atoms with Gasteiger partial charge in [0.05, 0.1) is 5.69 Å². The summed E-state index contributed by atoms with van der Waals surface area (Å²) >= 11 is 0. The van der Waals surface area contributed by atoms with E-state index in [4.69, 9.17) is 4.42 Å². The molecular weight excluding hydrogens is 330 g/mol. The van der Waals surface area contributed by atoms with Gasteiger partial charge in [-0.15, -0.1) is 0 Å². The summed E-state index contributed by atoms with van der Waals surface area (Å²) in [5, 5.41) is 21.6. The van der Waals surface area contributed by atoms with Crippen LogP contribution in [0.25, 0.3) is 0 Å². The van der Waals surface area contributed by atoms with Crippen molar-refractivity contribution in [2.45, 2.75) is 27.2 Å². The molecule has 0 saturated carbocycles. The fraction of sp³-hybridized carbons (Fsp3) is 0.190. The van der Waals surface area contributed by atoms with Gasteiger partial charge in [0, 0.05) is 12.5 Å². The number of nitrogens with one attached hydrogen (secondary N) is 1. The molecule has 0 unspecified atom stereocenters. The molecule has 0 aliphatic carbocycles. The van der Waals surface area contributed by atoms with Crippen LogP contribution in [0.2, 0.25) is 0 Å². The molecule has 3 aromatic rings. The lowest BCUT2D eigenvalue weighted by molar-refractivity contribution is 0.0994. The number of furan rings is 1. The Morgan fingerprint density at radius 2 is 1.69 bits per heavy atom. The van der Waals surface area contributed by atoms with Crippen LogP contribution < -0.4 is 5.32 Å². The monoisotopic (exact) mass is 351 g/mol. The molecule has 134 valence electrons. The summed E-state index contributed by atoms with van der Waals surface area (Å²) < 4.78 is 5.68. The van der Waals surface area contributed by atoms with Crippen LogP contribution in [0.15, 0.2) is 46.9 Å². The quantitative estimate of drug-likeness (QED) is 0.479. The fourth-order valence-corrected chi connectivity index (χ4v) is 3.07. The second-order valence-corrected chi connectivity index (χ2v) is 6.48. The van der Waals surface area contributed by atoms with Crippen LogP contribution in [0, 0.1) is 20.8 Å². The van der Waals surface area contributed by atoms with Crippen LogP contribution in [-0.2, 0) is 6.42 Å². The van der Waals surface area contributed by atoms with Gasteiger partial charge in [0.25, 0.3) is 5.91 Å². The van der Waals surface area contributed by atoms with Gasteiger partial charge in [0.2, 0.25) is 0 Å². The summed E-state index contributed by atoms with van der Waals surface area (Å²) in [5.41, 5.74) is 5.00. The smallest absolute Gasteiger partial charge is 0.291 e. The molecule has 1 aromatic heterocycles. The van der Waals surface area contributed by atoms with E-state index in [1.165, 1.54) is 34.4 Å². The molecule has 0 fully saturated rings. The molecule has 5 nitrogen and oxygen atoms in total. The van der Waals surface area contributed by atoms with Gasteiger partial charge in [0.15, 0.2) is 5.76 Å². The topological polar surface area (TPSA) is 82.7 Å². The van der Waals surface area contributed by atoms with Gasteiger partial charge >= 0.3 is 0 Å². The zero-order chi connectivity index (χ0) is 18.8. The first-order valence-corrected chi connectivity index (χ1v) is 8.32. The molecular formula is C21H21NO4. The first kappa shape index (κ1) is 17.6. The molecule has 0 bridgehead atoms. The molecule has 0 atom stereocenters. The number of carbonyl (C=O) groups is 1. The summed E-state index contributed by atoms with van der Waals surface area (Å²) in [7, 11) is 0. The average molecular weight is 351 g/mol. The Bertz CT molecular complexity index is 949. The van der Waals surface area contributed by atoms with Gasteiger partial charge in [-0.05, 0) is 61.7 Å². The SMILES string of the molecule is Cc1cc(C)c(Cc2ccc(C(=O)Nc3ccc(O)cc3O)o2)c(C)c1. The van der Waals surface area contributed by atoms with Crippen molar-refractivity contribution in [3.8, 4) is 11.5 Å². The van der Waals surface area contributed by atoms with Crippen LogP contribution >= 0.6 is 0 Å². The number of amides is 1. The summed E-state index contributed by atoms with van der Waals surface area (Å²) in [6.45, 7) is 6.21. The Morgan fingerprint density at radius 3 is 2.35 bits per heavy atom. The lowest BCUT2D eigenvalue weighted by atomic mass is 9.97. The normalized spacial score (nSPS) is 10.7. The van der Waals surface area contributed by atoms with Crippen molar-refractivity contribution in [2.75, 3.05) is 5.32 Å². The highest BCUT2D eigenvalue weighted by Crippen LogP contribution is 2.28. The molecule has 3 rings (SSSR count). The summed E-state index contributed by atoms with van der Waals surface area (Å²) in [5.74, 6) is 0.102. The highest BCUT2D eigenvalue weighted by Gasteiger charge is 2.15. The van der Waals surface area contributed by atoms with E-state index < -0.39 is 5.91 Å². The minimum absolute atomic E-state index is 0.0791. The Balaban J connectivity index is 1.76. The Kier molecular flexibility index (Phi) is 4.71. The Labute approximate surface area is 151 Å². The number of hydrogen-bond donors (Lipinski definition) is 3. The molecule has 5 heteroatoms. The molecule has 1 heterocycles. The van der Waals surface area contributed by atoms with Crippen molar-refractivity contribution >= 4 is 11.6 Å². The van der Waals surface area contributed by atoms with Gasteiger partial charge in [-0.25, -0.2) is 0 Å². The van der Waals surface area contributed by atoms with E-state index in [-0.39, 0.29) is 22.9 Å². The van der Waals surface area contributed by atoms with Crippen molar-refractivity contribution in [1.29, 1.82) is 0 Å². The van der Waals surface area contributed by atoms with Crippen molar-refractivity contribution in [1.82, 2.24) is 0 Å². The number of aryl methyl sites for hydroxylation is 3. The number of carbonyl (C=O) groups excluding carboxylic acids is 1. The van der Waals surface area contributed by atoms with Gasteiger partial charge < -0.3 is 19.9 Å². The zero-order valence-electron chi connectivity index (χ0n) is 15.0. The minimum Gasteiger partial charge on any atom is -0.508 e. The summed E-state index contributed by atoms with van der Waals surface area (Å²) in [6.07, 6.45) is 0.607. The highest BCUT2D eigenvalue weighted by molar-refractivity contribution is 6.03. The molecule has 3 N–H and O–H groups in total. The van der Waals surface area contributed by atoms with E-state index >= 15 is 0 Å². The van der Waals surface area contributed by atoms with Crippen LogP contribution in [0.4, 0.5) is 5.69 Å². The molecule has 1 amide bonds. The van der Waals surface area contributed by atoms with Gasteiger partial charge in [-0.3, -0.25) is 4.79 Å². The standard InChI is InChI=1S/C21H21NO4/c1-12-8-13(2)17(14(3)9-12)11-16-5-7-20(26-16)21(25)22-18-6-4-15(23)10-19(18)24/h4-10,23-24H,11H2,1-3H3,(H,22,25). The number of phenols is 2. The van der Waals surface area contributed by atoms with Crippen LogP contribution in [0.5, 0.6) is 11.5 Å². The maximum Gasteiger partial charge on any atom is 0.291 e. The Morgan fingerprint density at radius 1 is 1.00 bits per heavy atom. The second-order valence-electron chi connectivity index (χ2n) is 6.48. The number of phenolic OH excluding ortho intramolecular Hbond substituents is 2. The fourth-order valence-electron chi connectivity index (χ4n) is 3.07. The predicted octanol–water partition coefficient (Wildman–Crippen LogP) is 4.46. The maximum absolute atomic E-state index is 12.3. The highest BCUT2D eigenvalue weighted by atomic mass is 16.3. The van der Waals surface area contributed by atoms with E-state index in [2.05, 4.69) is 38.2 Å². The van der Waals surface area contributed by atoms with E-state index in [9.17, 15) is 15.0 Å². The number of benzene rings is 2. The molecule has 0 spiro atoms. The number of aromatic hydroxyl groups is 2. The van der Waals surface area contributed by atoms with Crippen LogP contribution in [0.1, 0.15) is 38.6 Å². The van der Waals surface area contributed by atoms with Gasteiger partial charge in [-0.2, -0.15) is 0 Å². The summed E-state index contributed by atoms with van der Waals surface area (Å²) in [4.78, 5) is 12.3. The molecule has 0 aliphatic heterocycles. The van der Waals surface area contributed by atoms with Crippen molar-refractivity contribution in [2.24, 2.45) is 0 Å². The van der Waals surface area contributed by atoms with Crippen molar-refractivity contribution < 1.29 is 19.4 Å². The first-order valence-electron chi connectivity index (χ1n) is 8.32. The van der Waals surface area contributed by atoms with Gasteiger partial charge in [-0.1, -0.05) is 17.7 Å². The van der Waals surface area contributed by atoms with Crippen molar-refractivity contribution in [3.63, 3.8) is 0 Å². The predicted molar refractivity (Wildman–Crippen MR) is 99.9 cm³/mol. The van der Waals surface area contributed by atoms with Gasteiger partial charge in [0.1, 0.15) is 17.3 Å². The van der Waals surface area contributed by atoms with Crippen LogP contribution in [0.3, 0.4) is 0 Å². The average Bonchev–Trinajstić information content (AvgIpc) is 3.02. The molecule has 0 aliphatic rings. The molecule has 26 heavy (non-hydrogen) atoms. The van der Waals surface area contributed by atoms with Crippen LogP contribution in [-0.4, -0.2) is 16.1 Å². The molecule has 2 aromatic carbocycles. The first-order chi connectivity index (χ1) is 12.3. The number of rotatable bonds is 4. The lowest BCUT2D eigenvalue weighted by Crippen LogP contribution is -2.10.